The summed E-state index contributed by atoms with van der Waals surface area (Å²) in [5.74, 6) is 0. The number of rotatable bonds is 4. The number of epoxide rings is 1. The van der Waals surface area contributed by atoms with E-state index >= 15 is 0 Å². The summed E-state index contributed by atoms with van der Waals surface area (Å²) in [5.41, 5.74) is 1.05. The second-order valence-corrected chi connectivity index (χ2v) is 5.03. The van der Waals surface area contributed by atoms with Crippen LogP contribution in [0.15, 0.2) is 29.2 Å². The second-order valence-electron chi connectivity index (χ2n) is 3.61. The van der Waals surface area contributed by atoms with Crippen LogP contribution < -0.4 is 0 Å². The van der Waals surface area contributed by atoms with Gasteiger partial charge in [0.2, 0.25) is 0 Å². The smallest absolute Gasteiger partial charge is 0.294 e. The monoisotopic (exact) mass is 228 g/mol. The Bertz CT molecular complexity index is 431. The first kappa shape index (κ1) is 10.6. The van der Waals surface area contributed by atoms with Crippen LogP contribution in [0.4, 0.5) is 0 Å². The van der Waals surface area contributed by atoms with Crippen molar-refractivity contribution in [3.05, 3.63) is 29.8 Å². The van der Waals surface area contributed by atoms with Crippen LogP contribution in [0.3, 0.4) is 0 Å². The SMILES string of the molecule is O=S(=O)(O)c1ccc(CCC2CO2)cc1. The summed E-state index contributed by atoms with van der Waals surface area (Å²) in [6.07, 6.45) is 2.22. The van der Waals surface area contributed by atoms with Gasteiger partial charge in [0.25, 0.3) is 10.1 Å². The maximum atomic E-state index is 10.8. The molecular weight excluding hydrogens is 216 g/mol. The first-order valence-electron chi connectivity index (χ1n) is 4.74. The summed E-state index contributed by atoms with van der Waals surface area (Å²) in [4.78, 5) is -0.0612. The lowest BCUT2D eigenvalue weighted by molar-refractivity contribution is 0.397. The Morgan fingerprint density at radius 1 is 1.33 bits per heavy atom. The van der Waals surface area contributed by atoms with E-state index in [0.29, 0.717) is 6.10 Å². The molecule has 4 nitrogen and oxygen atoms in total. The van der Waals surface area contributed by atoms with E-state index in [0.717, 1.165) is 25.0 Å². The molecule has 0 amide bonds. The summed E-state index contributed by atoms with van der Waals surface area (Å²) in [6.45, 7) is 0.836. The standard InChI is InChI=1S/C10H12O4S/c11-15(12,13)10-5-2-8(3-6-10)1-4-9-7-14-9/h2-3,5-6,9H,1,4,7H2,(H,11,12,13). The van der Waals surface area contributed by atoms with Crippen LogP contribution >= 0.6 is 0 Å². The Labute approximate surface area is 88.6 Å². The molecule has 0 radical (unpaired) electrons. The fourth-order valence-corrected chi connectivity index (χ4v) is 1.87. The van der Waals surface area contributed by atoms with E-state index in [2.05, 4.69) is 0 Å². The van der Waals surface area contributed by atoms with E-state index in [9.17, 15) is 8.42 Å². The van der Waals surface area contributed by atoms with E-state index in [1.54, 1.807) is 12.1 Å². The van der Waals surface area contributed by atoms with Crippen LogP contribution in [0.2, 0.25) is 0 Å². The van der Waals surface area contributed by atoms with Gasteiger partial charge in [0.15, 0.2) is 0 Å². The predicted molar refractivity (Wildman–Crippen MR) is 54.3 cm³/mol. The van der Waals surface area contributed by atoms with Crippen molar-refractivity contribution in [2.75, 3.05) is 6.61 Å². The molecule has 1 heterocycles. The minimum absolute atomic E-state index is 0.0612. The average molecular weight is 228 g/mol. The van der Waals surface area contributed by atoms with Crippen molar-refractivity contribution in [3.8, 4) is 0 Å². The lowest BCUT2D eigenvalue weighted by atomic mass is 10.1. The summed E-state index contributed by atoms with van der Waals surface area (Å²) in [6, 6.07) is 6.26. The van der Waals surface area contributed by atoms with Crippen molar-refractivity contribution in [2.45, 2.75) is 23.8 Å². The zero-order valence-corrected chi connectivity index (χ0v) is 8.90. The van der Waals surface area contributed by atoms with E-state index in [1.807, 2.05) is 0 Å². The first-order chi connectivity index (χ1) is 7.05. The Hall–Kier alpha value is -0.910. The molecule has 5 heteroatoms. The van der Waals surface area contributed by atoms with E-state index in [1.165, 1.54) is 12.1 Å². The van der Waals surface area contributed by atoms with E-state index in [4.69, 9.17) is 9.29 Å². The fourth-order valence-electron chi connectivity index (χ4n) is 1.39. The quantitative estimate of drug-likeness (QED) is 0.622. The Morgan fingerprint density at radius 3 is 2.40 bits per heavy atom. The molecule has 1 aliphatic rings. The number of ether oxygens (including phenoxy) is 1. The summed E-state index contributed by atoms with van der Waals surface area (Å²) >= 11 is 0. The van der Waals surface area contributed by atoms with Crippen molar-refractivity contribution in [2.24, 2.45) is 0 Å². The molecule has 1 saturated heterocycles. The van der Waals surface area contributed by atoms with Gasteiger partial charge >= 0.3 is 0 Å². The molecule has 0 aromatic heterocycles. The van der Waals surface area contributed by atoms with Gasteiger partial charge in [0.1, 0.15) is 0 Å². The van der Waals surface area contributed by atoms with Crippen LogP contribution in [0, 0.1) is 0 Å². The lowest BCUT2D eigenvalue weighted by Gasteiger charge is -2.00. The molecule has 1 aliphatic heterocycles. The average Bonchev–Trinajstić information content (AvgIpc) is 2.97. The third-order valence-corrected chi connectivity index (χ3v) is 3.25. The first-order valence-corrected chi connectivity index (χ1v) is 6.18. The van der Waals surface area contributed by atoms with Crippen LogP contribution in [0.5, 0.6) is 0 Å². The van der Waals surface area contributed by atoms with Gasteiger partial charge in [-0.05, 0) is 30.5 Å². The molecule has 0 spiro atoms. The molecule has 0 saturated carbocycles. The molecular formula is C10H12O4S. The van der Waals surface area contributed by atoms with Gasteiger partial charge in [-0.3, -0.25) is 4.55 Å². The topological polar surface area (TPSA) is 66.9 Å². The highest BCUT2D eigenvalue weighted by molar-refractivity contribution is 7.85. The highest BCUT2D eigenvalue weighted by atomic mass is 32.2. The maximum Gasteiger partial charge on any atom is 0.294 e. The number of benzene rings is 1. The third kappa shape index (κ3) is 3.02. The Morgan fingerprint density at radius 2 is 1.93 bits per heavy atom. The molecule has 15 heavy (non-hydrogen) atoms. The molecule has 1 N–H and O–H groups in total. The van der Waals surface area contributed by atoms with Crippen molar-refractivity contribution in [1.82, 2.24) is 0 Å². The summed E-state index contributed by atoms with van der Waals surface area (Å²) in [7, 11) is -4.06. The third-order valence-electron chi connectivity index (χ3n) is 2.38. The summed E-state index contributed by atoms with van der Waals surface area (Å²) in [5, 5.41) is 0. The van der Waals surface area contributed by atoms with Gasteiger partial charge in [-0.15, -0.1) is 0 Å². The highest BCUT2D eigenvalue weighted by Gasteiger charge is 2.21. The molecule has 1 fully saturated rings. The molecule has 1 unspecified atom stereocenters. The molecule has 0 aliphatic carbocycles. The van der Waals surface area contributed by atoms with Crippen molar-refractivity contribution in [1.29, 1.82) is 0 Å². The maximum absolute atomic E-state index is 10.8. The zero-order chi connectivity index (χ0) is 10.9. The highest BCUT2D eigenvalue weighted by Crippen LogP contribution is 2.17. The number of aryl methyl sites for hydroxylation is 1. The summed E-state index contributed by atoms with van der Waals surface area (Å²) < 4.78 is 35.3. The van der Waals surface area contributed by atoms with Gasteiger partial charge in [0, 0.05) is 0 Å². The number of hydrogen-bond acceptors (Lipinski definition) is 3. The van der Waals surface area contributed by atoms with Crippen molar-refractivity contribution < 1.29 is 17.7 Å². The zero-order valence-electron chi connectivity index (χ0n) is 8.09. The van der Waals surface area contributed by atoms with E-state index in [-0.39, 0.29) is 4.90 Å². The molecule has 2 rings (SSSR count). The van der Waals surface area contributed by atoms with Gasteiger partial charge in [-0.25, -0.2) is 0 Å². The van der Waals surface area contributed by atoms with Crippen LogP contribution in [0.1, 0.15) is 12.0 Å². The van der Waals surface area contributed by atoms with E-state index < -0.39 is 10.1 Å². The fraction of sp³-hybridized carbons (Fsp3) is 0.400. The largest absolute Gasteiger partial charge is 0.373 e. The van der Waals surface area contributed by atoms with Crippen LogP contribution in [-0.2, 0) is 21.3 Å². The van der Waals surface area contributed by atoms with Crippen LogP contribution in [0.25, 0.3) is 0 Å². The molecule has 1 aromatic carbocycles. The minimum Gasteiger partial charge on any atom is -0.373 e. The lowest BCUT2D eigenvalue weighted by Crippen LogP contribution is -1.98. The van der Waals surface area contributed by atoms with Crippen molar-refractivity contribution in [3.63, 3.8) is 0 Å². The number of hydrogen-bond donors (Lipinski definition) is 1. The minimum atomic E-state index is -4.06. The Kier molecular flexibility index (Phi) is 2.77. The predicted octanol–water partition coefficient (Wildman–Crippen LogP) is 1.26. The molecule has 1 aromatic rings. The Balaban J connectivity index is 2.02. The molecule has 82 valence electrons. The second kappa shape index (κ2) is 3.92. The van der Waals surface area contributed by atoms with Gasteiger partial charge in [-0.2, -0.15) is 8.42 Å². The van der Waals surface area contributed by atoms with Crippen molar-refractivity contribution >= 4 is 10.1 Å². The molecule has 0 bridgehead atoms. The van der Waals surface area contributed by atoms with Gasteiger partial charge < -0.3 is 4.74 Å². The van der Waals surface area contributed by atoms with Crippen LogP contribution in [-0.4, -0.2) is 25.7 Å². The van der Waals surface area contributed by atoms with Gasteiger partial charge in [0.05, 0.1) is 17.6 Å². The molecule has 1 atom stereocenters. The van der Waals surface area contributed by atoms with Gasteiger partial charge in [-0.1, -0.05) is 12.1 Å². The normalized spacial score (nSPS) is 20.2.